The molecule has 0 atom stereocenters. The molecule has 1 aromatic rings. The van der Waals surface area contributed by atoms with Crippen molar-refractivity contribution in [1.29, 1.82) is 0 Å². The molecule has 82 valence electrons. The molecule has 0 radical (unpaired) electrons. The standard InChI is InChI=1S/C9H12N2O3S/c1-6-4-11-5-8(15(10,12)13)9(6)14-7-2-3-7/h4-5,7H,2-3H2,1H3,(H2,10,12,13). The Balaban J connectivity index is 2.47. The molecule has 5 nitrogen and oxygen atoms in total. The smallest absolute Gasteiger partial charge is 0.243 e. The Morgan fingerprint density at radius 1 is 1.47 bits per heavy atom. The van der Waals surface area contributed by atoms with Gasteiger partial charge < -0.3 is 4.74 Å². The molecule has 0 unspecified atom stereocenters. The highest BCUT2D eigenvalue weighted by Gasteiger charge is 2.27. The van der Waals surface area contributed by atoms with Crippen LogP contribution in [-0.4, -0.2) is 19.5 Å². The first-order valence-electron chi connectivity index (χ1n) is 4.62. The Kier molecular flexibility index (Phi) is 2.40. The fourth-order valence-electron chi connectivity index (χ4n) is 1.23. The third-order valence-electron chi connectivity index (χ3n) is 2.16. The van der Waals surface area contributed by atoms with Gasteiger partial charge in [-0.1, -0.05) is 0 Å². The molecule has 6 heteroatoms. The number of nitrogens with two attached hydrogens (primary N) is 1. The Morgan fingerprint density at radius 2 is 2.13 bits per heavy atom. The summed E-state index contributed by atoms with van der Waals surface area (Å²) >= 11 is 0. The van der Waals surface area contributed by atoms with E-state index in [9.17, 15) is 8.42 Å². The van der Waals surface area contributed by atoms with E-state index in [0.717, 1.165) is 12.8 Å². The summed E-state index contributed by atoms with van der Waals surface area (Å²) < 4.78 is 28.0. The topological polar surface area (TPSA) is 82.3 Å². The zero-order valence-corrected chi connectivity index (χ0v) is 9.12. The summed E-state index contributed by atoms with van der Waals surface area (Å²) in [6.45, 7) is 1.75. The molecule has 1 aliphatic rings. The van der Waals surface area contributed by atoms with Crippen LogP contribution in [0.15, 0.2) is 17.3 Å². The summed E-state index contributed by atoms with van der Waals surface area (Å²) in [7, 11) is -3.76. The summed E-state index contributed by atoms with van der Waals surface area (Å²) in [4.78, 5) is 3.77. The Hall–Kier alpha value is -1.14. The number of aryl methyl sites for hydroxylation is 1. The molecular weight excluding hydrogens is 216 g/mol. The van der Waals surface area contributed by atoms with E-state index < -0.39 is 10.0 Å². The van der Waals surface area contributed by atoms with Gasteiger partial charge in [0.1, 0.15) is 10.6 Å². The minimum atomic E-state index is -3.76. The lowest BCUT2D eigenvalue weighted by Crippen LogP contribution is -2.15. The molecule has 1 aliphatic carbocycles. The highest BCUT2D eigenvalue weighted by molar-refractivity contribution is 7.89. The fraction of sp³-hybridized carbons (Fsp3) is 0.444. The highest BCUT2D eigenvalue weighted by Crippen LogP contribution is 2.32. The largest absolute Gasteiger partial charge is 0.489 e. The molecule has 0 spiro atoms. The van der Waals surface area contributed by atoms with E-state index in [4.69, 9.17) is 9.88 Å². The lowest BCUT2D eigenvalue weighted by atomic mass is 10.3. The van der Waals surface area contributed by atoms with Gasteiger partial charge in [0, 0.05) is 11.8 Å². The van der Waals surface area contributed by atoms with Gasteiger partial charge >= 0.3 is 0 Å². The van der Waals surface area contributed by atoms with Crippen molar-refractivity contribution in [2.24, 2.45) is 5.14 Å². The fourth-order valence-corrected chi connectivity index (χ4v) is 1.91. The van der Waals surface area contributed by atoms with Crippen LogP contribution in [0.3, 0.4) is 0 Å². The van der Waals surface area contributed by atoms with Gasteiger partial charge in [-0.15, -0.1) is 0 Å². The highest BCUT2D eigenvalue weighted by atomic mass is 32.2. The summed E-state index contributed by atoms with van der Waals surface area (Å²) in [5.41, 5.74) is 0.688. The van der Waals surface area contributed by atoms with Crippen molar-refractivity contribution in [3.05, 3.63) is 18.0 Å². The van der Waals surface area contributed by atoms with Crippen LogP contribution in [0.25, 0.3) is 0 Å². The van der Waals surface area contributed by atoms with E-state index in [1.54, 1.807) is 13.1 Å². The van der Waals surface area contributed by atoms with Crippen LogP contribution < -0.4 is 9.88 Å². The molecule has 0 aliphatic heterocycles. The molecule has 0 amide bonds. The Bertz CT molecular complexity index is 480. The number of primary sulfonamides is 1. The first-order valence-corrected chi connectivity index (χ1v) is 6.17. The number of ether oxygens (including phenoxy) is 1. The van der Waals surface area contributed by atoms with Gasteiger partial charge in [0.15, 0.2) is 0 Å². The number of pyridine rings is 1. The minimum Gasteiger partial charge on any atom is -0.489 e. The summed E-state index contributed by atoms with van der Waals surface area (Å²) in [6, 6.07) is 0. The monoisotopic (exact) mass is 228 g/mol. The van der Waals surface area contributed by atoms with Gasteiger partial charge in [-0.25, -0.2) is 13.6 Å². The maximum atomic E-state index is 11.3. The average molecular weight is 228 g/mol. The number of hydrogen-bond donors (Lipinski definition) is 1. The summed E-state index contributed by atoms with van der Waals surface area (Å²) in [5, 5.41) is 5.07. The maximum absolute atomic E-state index is 11.3. The van der Waals surface area contributed by atoms with Crippen molar-refractivity contribution in [2.45, 2.75) is 30.8 Å². The van der Waals surface area contributed by atoms with Crippen LogP contribution in [0, 0.1) is 6.92 Å². The second-order valence-corrected chi connectivity index (χ2v) is 5.18. The van der Waals surface area contributed by atoms with Crippen LogP contribution in [0.1, 0.15) is 18.4 Å². The van der Waals surface area contributed by atoms with Gasteiger partial charge in [0.05, 0.1) is 12.3 Å². The average Bonchev–Trinajstić information content (AvgIpc) is 2.90. The molecule has 0 saturated heterocycles. The molecule has 2 N–H and O–H groups in total. The zero-order chi connectivity index (χ0) is 11.1. The van der Waals surface area contributed by atoms with Crippen LogP contribution in [0.2, 0.25) is 0 Å². The number of sulfonamides is 1. The number of rotatable bonds is 3. The molecule has 1 aromatic heterocycles. The predicted octanol–water partition coefficient (Wildman–Crippen LogP) is 0.579. The molecule has 0 bridgehead atoms. The lowest BCUT2D eigenvalue weighted by molar-refractivity contribution is 0.292. The summed E-state index contributed by atoms with van der Waals surface area (Å²) in [5.74, 6) is 0.343. The van der Waals surface area contributed by atoms with Crippen molar-refractivity contribution in [3.63, 3.8) is 0 Å². The molecule has 1 fully saturated rings. The van der Waals surface area contributed by atoms with Crippen LogP contribution in [-0.2, 0) is 10.0 Å². The normalized spacial score (nSPS) is 16.4. The van der Waals surface area contributed by atoms with Gasteiger partial charge in [0.2, 0.25) is 10.0 Å². The van der Waals surface area contributed by atoms with E-state index in [0.29, 0.717) is 11.3 Å². The van der Waals surface area contributed by atoms with Crippen LogP contribution >= 0.6 is 0 Å². The lowest BCUT2D eigenvalue weighted by Gasteiger charge is -2.11. The molecular formula is C9H12N2O3S. The number of aromatic nitrogens is 1. The van der Waals surface area contributed by atoms with Crippen molar-refractivity contribution in [3.8, 4) is 5.75 Å². The zero-order valence-electron chi connectivity index (χ0n) is 8.30. The second kappa shape index (κ2) is 3.46. The van der Waals surface area contributed by atoms with E-state index >= 15 is 0 Å². The van der Waals surface area contributed by atoms with Gasteiger partial charge in [0.25, 0.3) is 0 Å². The number of hydrogen-bond acceptors (Lipinski definition) is 4. The first-order chi connectivity index (χ1) is 6.98. The molecule has 0 aromatic carbocycles. The maximum Gasteiger partial charge on any atom is 0.243 e. The second-order valence-electron chi connectivity index (χ2n) is 3.65. The Labute approximate surface area is 88.3 Å². The first kappa shape index (κ1) is 10.4. The van der Waals surface area contributed by atoms with Gasteiger partial charge in [-0.05, 0) is 19.8 Å². The summed E-state index contributed by atoms with van der Waals surface area (Å²) in [6.07, 6.45) is 4.84. The van der Waals surface area contributed by atoms with Crippen LogP contribution in [0.5, 0.6) is 5.75 Å². The van der Waals surface area contributed by atoms with Gasteiger partial charge in [-0.2, -0.15) is 0 Å². The minimum absolute atomic E-state index is 0.0330. The SMILES string of the molecule is Cc1cncc(S(N)(=O)=O)c1OC1CC1. The quantitative estimate of drug-likeness (QED) is 0.820. The van der Waals surface area contributed by atoms with E-state index in [1.807, 2.05) is 0 Å². The van der Waals surface area contributed by atoms with E-state index in [-0.39, 0.29) is 11.0 Å². The van der Waals surface area contributed by atoms with Crippen molar-refractivity contribution < 1.29 is 13.2 Å². The van der Waals surface area contributed by atoms with Gasteiger partial charge in [-0.3, -0.25) is 4.98 Å². The molecule has 1 saturated carbocycles. The number of nitrogens with zero attached hydrogens (tertiary/aromatic N) is 1. The van der Waals surface area contributed by atoms with Crippen molar-refractivity contribution in [1.82, 2.24) is 4.98 Å². The third-order valence-corrected chi connectivity index (χ3v) is 3.06. The van der Waals surface area contributed by atoms with E-state index in [1.165, 1.54) is 6.20 Å². The Morgan fingerprint density at radius 3 is 2.67 bits per heavy atom. The molecule has 2 rings (SSSR count). The predicted molar refractivity (Wildman–Crippen MR) is 54.0 cm³/mol. The molecule has 1 heterocycles. The third kappa shape index (κ3) is 2.27. The van der Waals surface area contributed by atoms with E-state index in [2.05, 4.69) is 4.98 Å². The molecule has 15 heavy (non-hydrogen) atoms. The van der Waals surface area contributed by atoms with Crippen molar-refractivity contribution >= 4 is 10.0 Å². The van der Waals surface area contributed by atoms with Crippen molar-refractivity contribution in [2.75, 3.05) is 0 Å². The van der Waals surface area contributed by atoms with Crippen LogP contribution in [0.4, 0.5) is 0 Å².